The molecule has 19 heavy (non-hydrogen) atoms. The Morgan fingerprint density at radius 1 is 1.37 bits per heavy atom. The van der Waals surface area contributed by atoms with E-state index in [0.29, 0.717) is 13.1 Å². The van der Waals surface area contributed by atoms with Crippen molar-refractivity contribution in [1.82, 2.24) is 4.90 Å². The Hall–Kier alpha value is -1.62. The summed E-state index contributed by atoms with van der Waals surface area (Å²) in [7, 11) is 0. The molecular formula is C14H20FN3O. The van der Waals surface area contributed by atoms with E-state index < -0.39 is 5.82 Å². The molecule has 1 unspecified atom stereocenters. The number of hydrogen-bond donors (Lipinski definition) is 2. The lowest BCUT2D eigenvalue weighted by Crippen LogP contribution is -2.46. The van der Waals surface area contributed by atoms with Gasteiger partial charge in [-0.3, -0.25) is 0 Å². The van der Waals surface area contributed by atoms with Gasteiger partial charge in [0.25, 0.3) is 0 Å². The summed E-state index contributed by atoms with van der Waals surface area (Å²) in [6.07, 6.45) is 4.09. The Kier molecular flexibility index (Phi) is 4.74. The number of amides is 2. The summed E-state index contributed by atoms with van der Waals surface area (Å²) in [4.78, 5) is 14.0. The number of urea groups is 1. The van der Waals surface area contributed by atoms with E-state index in [1.165, 1.54) is 6.07 Å². The van der Waals surface area contributed by atoms with Crippen LogP contribution in [0.15, 0.2) is 24.3 Å². The molecule has 0 saturated carbocycles. The van der Waals surface area contributed by atoms with Crippen molar-refractivity contribution in [1.29, 1.82) is 0 Å². The first kappa shape index (κ1) is 13.8. The molecule has 4 nitrogen and oxygen atoms in total. The third kappa shape index (κ3) is 3.44. The molecule has 0 aromatic heterocycles. The van der Waals surface area contributed by atoms with Gasteiger partial charge in [-0.2, -0.15) is 0 Å². The molecule has 1 atom stereocenters. The van der Waals surface area contributed by atoms with E-state index >= 15 is 0 Å². The van der Waals surface area contributed by atoms with Crippen LogP contribution in [0.4, 0.5) is 14.9 Å². The first-order valence-corrected chi connectivity index (χ1v) is 6.74. The van der Waals surface area contributed by atoms with Gasteiger partial charge in [-0.25, -0.2) is 9.18 Å². The monoisotopic (exact) mass is 265 g/mol. The summed E-state index contributed by atoms with van der Waals surface area (Å²) in [5, 5.41) is 2.63. The second-order valence-corrected chi connectivity index (χ2v) is 4.84. The van der Waals surface area contributed by atoms with E-state index in [9.17, 15) is 9.18 Å². The van der Waals surface area contributed by atoms with Crippen LogP contribution in [-0.2, 0) is 0 Å². The van der Waals surface area contributed by atoms with Gasteiger partial charge in [0.2, 0.25) is 0 Å². The second kappa shape index (κ2) is 6.52. The first-order valence-electron chi connectivity index (χ1n) is 6.74. The van der Waals surface area contributed by atoms with Crippen LogP contribution in [-0.4, -0.2) is 30.1 Å². The average Bonchev–Trinajstić information content (AvgIpc) is 2.66. The molecule has 1 heterocycles. The van der Waals surface area contributed by atoms with Crippen molar-refractivity contribution < 1.29 is 9.18 Å². The summed E-state index contributed by atoms with van der Waals surface area (Å²) in [6, 6.07) is 5.97. The number of nitrogens with zero attached hydrogens (tertiary/aromatic N) is 1. The quantitative estimate of drug-likeness (QED) is 0.863. The number of carbonyl (C=O) groups excluding carboxylic acids is 1. The van der Waals surface area contributed by atoms with Gasteiger partial charge >= 0.3 is 6.03 Å². The molecule has 1 aliphatic heterocycles. The highest BCUT2D eigenvalue weighted by Gasteiger charge is 2.24. The summed E-state index contributed by atoms with van der Waals surface area (Å²) >= 11 is 0. The van der Waals surface area contributed by atoms with Gasteiger partial charge in [-0.15, -0.1) is 0 Å². The zero-order valence-electron chi connectivity index (χ0n) is 10.9. The summed E-state index contributed by atoms with van der Waals surface area (Å²) in [5.74, 6) is -0.421. The maximum Gasteiger partial charge on any atom is 0.322 e. The normalized spacial score (nSPS) is 19.9. The van der Waals surface area contributed by atoms with Crippen molar-refractivity contribution in [3.8, 4) is 0 Å². The van der Waals surface area contributed by atoms with Crippen LogP contribution in [0.5, 0.6) is 0 Å². The van der Waals surface area contributed by atoms with Gasteiger partial charge < -0.3 is 16.0 Å². The van der Waals surface area contributed by atoms with Gasteiger partial charge in [0.1, 0.15) is 5.82 Å². The van der Waals surface area contributed by atoms with Crippen molar-refractivity contribution in [3.63, 3.8) is 0 Å². The van der Waals surface area contributed by atoms with Crippen LogP contribution in [0.2, 0.25) is 0 Å². The lowest BCUT2D eigenvalue weighted by molar-refractivity contribution is 0.191. The molecule has 1 fully saturated rings. The molecule has 0 spiro atoms. The number of carbonyl (C=O) groups is 1. The SMILES string of the molecule is NCC1CCCCCN1C(=O)Nc1ccccc1F. The topological polar surface area (TPSA) is 58.4 Å². The lowest BCUT2D eigenvalue weighted by Gasteiger charge is -2.29. The van der Waals surface area contributed by atoms with E-state index in [2.05, 4.69) is 5.32 Å². The fourth-order valence-corrected chi connectivity index (χ4v) is 2.44. The summed E-state index contributed by atoms with van der Waals surface area (Å²) in [5.41, 5.74) is 5.94. The Morgan fingerprint density at radius 2 is 2.16 bits per heavy atom. The first-order chi connectivity index (χ1) is 9.22. The maximum absolute atomic E-state index is 13.5. The number of nitrogens with two attached hydrogens (primary N) is 1. The van der Waals surface area contributed by atoms with Crippen molar-refractivity contribution in [2.75, 3.05) is 18.4 Å². The third-order valence-corrected chi connectivity index (χ3v) is 3.53. The predicted molar refractivity (Wildman–Crippen MR) is 73.4 cm³/mol. The molecule has 0 radical (unpaired) electrons. The molecule has 5 heteroatoms. The maximum atomic E-state index is 13.5. The average molecular weight is 265 g/mol. The Balaban J connectivity index is 2.07. The van der Waals surface area contributed by atoms with E-state index in [1.807, 2.05) is 0 Å². The zero-order chi connectivity index (χ0) is 13.7. The number of halogens is 1. The highest BCUT2D eigenvalue weighted by Crippen LogP contribution is 2.19. The van der Waals surface area contributed by atoms with E-state index in [0.717, 1.165) is 25.7 Å². The number of anilines is 1. The Labute approximate surface area is 112 Å². The lowest BCUT2D eigenvalue weighted by atomic mass is 10.1. The van der Waals surface area contributed by atoms with Gasteiger partial charge in [-0.05, 0) is 25.0 Å². The molecule has 104 valence electrons. The highest BCUT2D eigenvalue weighted by molar-refractivity contribution is 5.89. The Bertz CT molecular complexity index is 438. The minimum atomic E-state index is -0.421. The van der Waals surface area contributed by atoms with Crippen LogP contribution < -0.4 is 11.1 Å². The smallest absolute Gasteiger partial charge is 0.322 e. The molecule has 1 aromatic rings. The molecular weight excluding hydrogens is 245 g/mol. The molecule has 0 bridgehead atoms. The van der Waals surface area contributed by atoms with Crippen LogP contribution >= 0.6 is 0 Å². The van der Waals surface area contributed by atoms with Crippen molar-refractivity contribution >= 4 is 11.7 Å². The standard InChI is InChI=1S/C14H20FN3O/c15-12-7-3-4-8-13(12)17-14(19)18-9-5-1-2-6-11(18)10-16/h3-4,7-8,11H,1-2,5-6,9-10,16H2,(H,17,19). The molecule has 2 rings (SSSR count). The minimum absolute atomic E-state index is 0.0503. The fourth-order valence-electron chi connectivity index (χ4n) is 2.44. The third-order valence-electron chi connectivity index (χ3n) is 3.53. The zero-order valence-corrected chi connectivity index (χ0v) is 10.9. The molecule has 1 aliphatic rings. The van der Waals surface area contributed by atoms with Gasteiger partial charge in [0, 0.05) is 19.1 Å². The van der Waals surface area contributed by atoms with Crippen LogP contribution in [0.1, 0.15) is 25.7 Å². The fraction of sp³-hybridized carbons (Fsp3) is 0.500. The van der Waals surface area contributed by atoms with Crippen molar-refractivity contribution in [2.45, 2.75) is 31.7 Å². The van der Waals surface area contributed by atoms with Crippen molar-refractivity contribution in [2.24, 2.45) is 5.73 Å². The predicted octanol–water partition coefficient (Wildman–Crippen LogP) is 2.56. The van der Waals surface area contributed by atoms with Crippen LogP contribution in [0, 0.1) is 5.82 Å². The highest BCUT2D eigenvalue weighted by atomic mass is 19.1. The number of likely N-dealkylation sites (tertiary alicyclic amines) is 1. The Morgan fingerprint density at radius 3 is 2.89 bits per heavy atom. The second-order valence-electron chi connectivity index (χ2n) is 4.84. The minimum Gasteiger partial charge on any atom is -0.328 e. The molecule has 1 aromatic carbocycles. The van der Waals surface area contributed by atoms with E-state index in [-0.39, 0.29) is 17.8 Å². The molecule has 1 saturated heterocycles. The van der Waals surface area contributed by atoms with Crippen LogP contribution in [0.3, 0.4) is 0 Å². The van der Waals surface area contributed by atoms with Crippen molar-refractivity contribution in [3.05, 3.63) is 30.1 Å². The van der Waals surface area contributed by atoms with Crippen LogP contribution in [0.25, 0.3) is 0 Å². The molecule has 2 amide bonds. The largest absolute Gasteiger partial charge is 0.328 e. The molecule has 0 aliphatic carbocycles. The number of benzene rings is 1. The van der Waals surface area contributed by atoms with Gasteiger partial charge in [-0.1, -0.05) is 25.0 Å². The summed E-state index contributed by atoms with van der Waals surface area (Å²) < 4.78 is 13.5. The molecule has 3 N–H and O–H groups in total. The van der Waals surface area contributed by atoms with Gasteiger partial charge in [0.15, 0.2) is 0 Å². The number of hydrogen-bond acceptors (Lipinski definition) is 2. The number of para-hydroxylation sites is 1. The van der Waals surface area contributed by atoms with Gasteiger partial charge in [0.05, 0.1) is 5.69 Å². The van der Waals surface area contributed by atoms with E-state index in [1.54, 1.807) is 23.1 Å². The summed E-state index contributed by atoms with van der Waals surface area (Å²) in [6.45, 7) is 1.13. The number of rotatable bonds is 2. The number of nitrogens with one attached hydrogen (secondary N) is 1. The van der Waals surface area contributed by atoms with E-state index in [4.69, 9.17) is 5.73 Å².